The van der Waals surface area contributed by atoms with Crippen molar-refractivity contribution in [2.24, 2.45) is 0 Å². The normalized spacial score (nSPS) is 12.1. The van der Waals surface area contributed by atoms with Crippen LogP contribution in [0.3, 0.4) is 0 Å². The zero-order chi connectivity index (χ0) is 32.7. The molecule has 4 aromatic rings. The van der Waals surface area contributed by atoms with Crippen LogP contribution in [0.1, 0.15) is 36.1 Å². The summed E-state index contributed by atoms with van der Waals surface area (Å²) in [6, 6.07) is 26.7. The summed E-state index contributed by atoms with van der Waals surface area (Å²) in [5.74, 6) is -0.909. The summed E-state index contributed by atoms with van der Waals surface area (Å²) in [6.07, 6.45) is 0.210. The summed E-state index contributed by atoms with van der Waals surface area (Å²) in [7, 11) is -4.18. The SMILES string of the molecule is Cc1ccc(C)c(N(CC(=O)N(Cc2ccc(Cl)c(Cl)c2)[C@@H](Cc2ccccc2)C(=O)NC(C)C)S(=O)(=O)c2ccccc2)c1. The number of nitrogens with one attached hydrogen (secondary N) is 1. The van der Waals surface area contributed by atoms with Crippen molar-refractivity contribution in [1.29, 1.82) is 0 Å². The Morgan fingerprint density at radius 3 is 2.07 bits per heavy atom. The van der Waals surface area contributed by atoms with Crippen LogP contribution in [0, 0.1) is 13.8 Å². The van der Waals surface area contributed by atoms with Gasteiger partial charge in [-0.3, -0.25) is 13.9 Å². The van der Waals surface area contributed by atoms with Crippen molar-refractivity contribution in [3.05, 3.63) is 129 Å². The number of anilines is 1. The summed E-state index contributed by atoms with van der Waals surface area (Å²) >= 11 is 12.5. The van der Waals surface area contributed by atoms with Crippen molar-refractivity contribution in [3.8, 4) is 0 Å². The second kappa shape index (κ2) is 15.0. The van der Waals surface area contributed by atoms with Crippen molar-refractivity contribution in [3.63, 3.8) is 0 Å². The molecule has 0 saturated carbocycles. The number of nitrogens with zero attached hydrogens (tertiary/aromatic N) is 2. The number of benzene rings is 4. The first-order valence-corrected chi connectivity index (χ1v) is 16.8. The molecule has 0 aliphatic heterocycles. The third-order valence-electron chi connectivity index (χ3n) is 7.28. The number of carbonyl (C=O) groups is 2. The van der Waals surface area contributed by atoms with Crippen LogP contribution in [0.4, 0.5) is 5.69 Å². The van der Waals surface area contributed by atoms with E-state index in [0.717, 1.165) is 15.4 Å². The highest BCUT2D eigenvalue weighted by molar-refractivity contribution is 7.92. The second-order valence-electron chi connectivity index (χ2n) is 11.3. The highest BCUT2D eigenvalue weighted by Crippen LogP contribution is 2.29. The van der Waals surface area contributed by atoms with Gasteiger partial charge in [-0.1, -0.05) is 89.9 Å². The topological polar surface area (TPSA) is 86.8 Å². The first-order valence-electron chi connectivity index (χ1n) is 14.6. The van der Waals surface area contributed by atoms with E-state index in [9.17, 15) is 18.0 Å². The molecule has 236 valence electrons. The van der Waals surface area contributed by atoms with Crippen molar-refractivity contribution < 1.29 is 18.0 Å². The standard InChI is InChI=1S/C35H37Cl2N3O4S/c1-24(2)38-35(42)33(21-27-11-7-5-8-12-27)39(22-28-17-18-30(36)31(37)20-28)34(41)23-40(32-19-25(3)15-16-26(32)4)45(43,44)29-13-9-6-10-14-29/h5-20,24,33H,21-23H2,1-4H3,(H,38,42)/t33-/m0/s1. The molecule has 10 heteroatoms. The van der Waals surface area contributed by atoms with Gasteiger partial charge in [-0.15, -0.1) is 0 Å². The first-order chi connectivity index (χ1) is 21.4. The van der Waals surface area contributed by atoms with Crippen LogP contribution in [-0.2, 0) is 32.6 Å². The smallest absolute Gasteiger partial charge is 0.264 e. The van der Waals surface area contributed by atoms with Crippen LogP contribution in [0.25, 0.3) is 0 Å². The van der Waals surface area contributed by atoms with Gasteiger partial charge in [0.05, 0.1) is 20.6 Å². The van der Waals surface area contributed by atoms with Gasteiger partial charge in [-0.25, -0.2) is 8.42 Å². The fraction of sp³-hybridized carbons (Fsp3) is 0.257. The van der Waals surface area contributed by atoms with Crippen LogP contribution in [-0.4, -0.2) is 43.8 Å². The molecule has 0 bridgehead atoms. The maximum absolute atomic E-state index is 14.6. The molecule has 7 nitrogen and oxygen atoms in total. The molecule has 0 heterocycles. The van der Waals surface area contributed by atoms with Crippen LogP contribution in [0.2, 0.25) is 10.0 Å². The lowest BCUT2D eigenvalue weighted by molar-refractivity contribution is -0.140. The lowest BCUT2D eigenvalue weighted by Gasteiger charge is -2.34. The molecule has 0 unspecified atom stereocenters. The van der Waals surface area contributed by atoms with Crippen molar-refractivity contribution in [2.75, 3.05) is 10.8 Å². The molecule has 0 aromatic heterocycles. The Balaban J connectivity index is 1.84. The van der Waals surface area contributed by atoms with Gasteiger partial charge in [-0.2, -0.15) is 0 Å². The Bertz CT molecular complexity index is 1750. The predicted molar refractivity (Wildman–Crippen MR) is 181 cm³/mol. The lowest BCUT2D eigenvalue weighted by Crippen LogP contribution is -2.54. The van der Waals surface area contributed by atoms with Crippen molar-refractivity contribution in [1.82, 2.24) is 10.2 Å². The number of carbonyl (C=O) groups excluding carboxylic acids is 2. The summed E-state index contributed by atoms with van der Waals surface area (Å²) in [5, 5.41) is 3.61. The summed E-state index contributed by atoms with van der Waals surface area (Å²) in [4.78, 5) is 29.8. The van der Waals surface area contributed by atoms with E-state index in [4.69, 9.17) is 23.2 Å². The van der Waals surface area contributed by atoms with Gasteiger partial charge in [0.1, 0.15) is 12.6 Å². The molecule has 1 atom stereocenters. The summed E-state index contributed by atoms with van der Waals surface area (Å²) in [6.45, 7) is 6.80. The second-order valence-corrected chi connectivity index (χ2v) is 13.9. The summed E-state index contributed by atoms with van der Waals surface area (Å²) in [5.41, 5.74) is 3.38. The van der Waals surface area contributed by atoms with E-state index in [-0.39, 0.29) is 29.8 Å². The van der Waals surface area contributed by atoms with E-state index in [0.29, 0.717) is 26.9 Å². The number of sulfonamides is 1. The average Bonchev–Trinajstić information content (AvgIpc) is 3.01. The molecule has 0 radical (unpaired) electrons. The number of amides is 2. The molecular formula is C35H37Cl2N3O4S. The van der Waals surface area contributed by atoms with E-state index in [1.807, 2.05) is 63.2 Å². The quantitative estimate of drug-likeness (QED) is 0.177. The summed E-state index contributed by atoms with van der Waals surface area (Å²) < 4.78 is 29.5. The van der Waals surface area contributed by atoms with Crippen molar-refractivity contribution >= 4 is 50.7 Å². The zero-order valence-electron chi connectivity index (χ0n) is 25.7. The molecule has 0 saturated heterocycles. The minimum atomic E-state index is -4.18. The highest BCUT2D eigenvalue weighted by atomic mass is 35.5. The molecule has 2 amide bonds. The zero-order valence-corrected chi connectivity index (χ0v) is 28.0. The first kappa shape index (κ1) is 34.0. The van der Waals surface area contributed by atoms with Crippen LogP contribution in [0.15, 0.2) is 102 Å². The minimum absolute atomic E-state index is 0.00916. The number of halogens is 2. The number of hydrogen-bond donors (Lipinski definition) is 1. The van der Waals surface area contributed by atoms with Gasteiger partial charge in [0.15, 0.2) is 0 Å². The monoisotopic (exact) mass is 665 g/mol. The molecule has 0 spiro atoms. The molecular weight excluding hydrogens is 629 g/mol. The molecule has 45 heavy (non-hydrogen) atoms. The Morgan fingerprint density at radius 1 is 0.800 bits per heavy atom. The predicted octanol–water partition coefficient (Wildman–Crippen LogP) is 6.97. The molecule has 0 fully saturated rings. The highest BCUT2D eigenvalue weighted by Gasteiger charge is 2.35. The fourth-order valence-corrected chi connectivity index (χ4v) is 6.80. The van der Waals surface area contributed by atoms with Crippen LogP contribution in [0.5, 0.6) is 0 Å². The maximum Gasteiger partial charge on any atom is 0.264 e. The maximum atomic E-state index is 14.6. The Labute approximate surface area is 275 Å². The van der Waals surface area contributed by atoms with Crippen LogP contribution >= 0.6 is 23.2 Å². The van der Waals surface area contributed by atoms with Gasteiger partial charge >= 0.3 is 0 Å². The Kier molecular flexibility index (Phi) is 11.3. The van der Waals surface area contributed by atoms with E-state index < -0.39 is 28.5 Å². The molecule has 0 aliphatic rings. The third kappa shape index (κ3) is 8.66. The molecule has 1 N–H and O–H groups in total. The molecule has 0 aliphatic carbocycles. The van der Waals surface area contributed by atoms with E-state index in [1.165, 1.54) is 17.0 Å². The van der Waals surface area contributed by atoms with E-state index >= 15 is 0 Å². The number of hydrogen-bond acceptors (Lipinski definition) is 4. The van der Waals surface area contributed by atoms with Gasteiger partial charge < -0.3 is 10.2 Å². The fourth-order valence-electron chi connectivity index (χ4n) is 4.99. The van der Waals surface area contributed by atoms with E-state index in [1.54, 1.807) is 49.4 Å². The van der Waals surface area contributed by atoms with Gasteiger partial charge in [-0.05, 0) is 80.3 Å². The van der Waals surface area contributed by atoms with Gasteiger partial charge in [0, 0.05) is 19.0 Å². The largest absolute Gasteiger partial charge is 0.352 e. The molecule has 4 aromatic carbocycles. The Morgan fingerprint density at radius 2 is 1.44 bits per heavy atom. The Hall–Kier alpha value is -3.85. The average molecular weight is 667 g/mol. The minimum Gasteiger partial charge on any atom is -0.352 e. The lowest BCUT2D eigenvalue weighted by atomic mass is 10.0. The van der Waals surface area contributed by atoms with Crippen LogP contribution < -0.4 is 9.62 Å². The third-order valence-corrected chi connectivity index (χ3v) is 9.80. The van der Waals surface area contributed by atoms with E-state index in [2.05, 4.69) is 5.32 Å². The van der Waals surface area contributed by atoms with Gasteiger partial charge in [0.2, 0.25) is 11.8 Å². The van der Waals surface area contributed by atoms with Crippen molar-refractivity contribution in [2.45, 2.75) is 57.6 Å². The molecule has 4 rings (SSSR count). The number of aryl methyl sites for hydroxylation is 2. The van der Waals surface area contributed by atoms with Gasteiger partial charge in [0.25, 0.3) is 10.0 Å². The number of rotatable bonds is 12.